The molecule has 1 aromatic heterocycles. The summed E-state index contributed by atoms with van der Waals surface area (Å²) >= 11 is 0. The van der Waals surface area contributed by atoms with Crippen molar-refractivity contribution in [3.8, 4) is 0 Å². The Morgan fingerprint density at radius 3 is 2.88 bits per heavy atom. The van der Waals surface area contributed by atoms with Gasteiger partial charge in [0.2, 0.25) is 0 Å². The van der Waals surface area contributed by atoms with Gasteiger partial charge in [0.25, 0.3) is 0 Å². The van der Waals surface area contributed by atoms with Crippen LogP contribution in [0.2, 0.25) is 0 Å². The van der Waals surface area contributed by atoms with Gasteiger partial charge in [0.05, 0.1) is 18.9 Å². The minimum atomic E-state index is 0.296. The minimum absolute atomic E-state index is 0.296. The van der Waals surface area contributed by atoms with Crippen LogP contribution in [0, 0.1) is 5.92 Å². The van der Waals surface area contributed by atoms with Crippen LogP contribution in [0.3, 0.4) is 0 Å². The Kier molecular flexibility index (Phi) is 6.58. The van der Waals surface area contributed by atoms with Gasteiger partial charge in [0.15, 0.2) is 5.96 Å². The van der Waals surface area contributed by atoms with E-state index >= 15 is 0 Å². The third kappa shape index (κ3) is 5.26. The second-order valence-corrected chi connectivity index (χ2v) is 7.08. The maximum Gasteiger partial charge on any atom is 0.194 e. The van der Waals surface area contributed by atoms with Crippen LogP contribution in [-0.4, -0.2) is 49.7 Å². The highest BCUT2D eigenvalue weighted by molar-refractivity contribution is 5.80. The first kappa shape index (κ1) is 17.3. The number of likely N-dealkylation sites (tertiary alicyclic amines) is 1. The molecule has 0 aliphatic carbocycles. The highest BCUT2D eigenvalue weighted by atomic mass is 16.5. The largest absolute Gasteiger partial charge is 0.469 e. The van der Waals surface area contributed by atoms with Crippen LogP contribution in [-0.2, 0) is 11.2 Å². The number of guanidine groups is 1. The van der Waals surface area contributed by atoms with E-state index in [0.717, 1.165) is 63.3 Å². The zero-order valence-electron chi connectivity index (χ0n) is 14.9. The predicted octanol–water partition coefficient (Wildman–Crippen LogP) is 3.07. The van der Waals surface area contributed by atoms with Gasteiger partial charge in [0, 0.05) is 32.7 Å². The molecule has 2 saturated heterocycles. The van der Waals surface area contributed by atoms with Crippen LogP contribution < -0.4 is 5.32 Å². The van der Waals surface area contributed by atoms with Gasteiger partial charge >= 0.3 is 0 Å². The molecule has 2 aliphatic rings. The van der Waals surface area contributed by atoms with Crippen LogP contribution in [0.5, 0.6) is 0 Å². The van der Waals surface area contributed by atoms with Crippen molar-refractivity contribution in [2.45, 2.75) is 51.6 Å². The van der Waals surface area contributed by atoms with Gasteiger partial charge in [0.1, 0.15) is 5.76 Å². The van der Waals surface area contributed by atoms with E-state index in [-0.39, 0.29) is 0 Å². The fourth-order valence-corrected chi connectivity index (χ4v) is 3.38. The monoisotopic (exact) mass is 333 g/mol. The summed E-state index contributed by atoms with van der Waals surface area (Å²) in [5.41, 5.74) is 0. The summed E-state index contributed by atoms with van der Waals surface area (Å²) in [6, 6.07) is 3.97. The molecule has 1 N–H and O–H groups in total. The van der Waals surface area contributed by atoms with Crippen molar-refractivity contribution in [3.05, 3.63) is 24.2 Å². The normalized spacial score (nSPS) is 23.5. The van der Waals surface area contributed by atoms with E-state index in [1.54, 1.807) is 6.26 Å². The number of aliphatic imine (C=N–C) groups is 1. The summed E-state index contributed by atoms with van der Waals surface area (Å²) in [4.78, 5) is 7.30. The molecule has 5 nitrogen and oxygen atoms in total. The summed E-state index contributed by atoms with van der Waals surface area (Å²) in [7, 11) is 0. The van der Waals surface area contributed by atoms with E-state index in [0.29, 0.717) is 6.10 Å². The van der Waals surface area contributed by atoms with Gasteiger partial charge in [-0.1, -0.05) is 6.92 Å². The Hall–Kier alpha value is -1.49. The van der Waals surface area contributed by atoms with Gasteiger partial charge in [-0.2, -0.15) is 0 Å². The van der Waals surface area contributed by atoms with Crippen molar-refractivity contribution < 1.29 is 9.15 Å². The zero-order valence-corrected chi connectivity index (χ0v) is 14.9. The van der Waals surface area contributed by atoms with Crippen molar-refractivity contribution in [1.82, 2.24) is 10.2 Å². The molecular formula is C19H31N3O2. The Bertz CT molecular complexity index is 487. The van der Waals surface area contributed by atoms with Crippen LogP contribution in [0.4, 0.5) is 0 Å². The summed E-state index contributed by atoms with van der Waals surface area (Å²) in [5.74, 6) is 2.89. The summed E-state index contributed by atoms with van der Waals surface area (Å²) in [6.45, 7) is 7.05. The number of rotatable bonds is 5. The summed E-state index contributed by atoms with van der Waals surface area (Å²) < 4.78 is 11.2. The Morgan fingerprint density at radius 1 is 1.29 bits per heavy atom. The lowest BCUT2D eigenvalue weighted by molar-refractivity contribution is 0.0222. The number of furan rings is 1. The third-order valence-electron chi connectivity index (χ3n) is 5.04. The van der Waals surface area contributed by atoms with Crippen molar-refractivity contribution in [1.29, 1.82) is 0 Å². The number of nitrogens with zero attached hydrogens (tertiary/aromatic N) is 2. The van der Waals surface area contributed by atoms with Crippen molar-refractivity contribution in [2.24, 2.45) is 10.9 Å². The smallest absolute Gasteiger partial charge is 0.194 e. The molecule has 0 radical (unpaired) electrons. The SMILES string of the molecule is CC1CCN(C(=NCC2CCCCO2)NCCc2ccco2)CC1. The molecule has 0 aromatic carbocycles. The number of nitrogens with one attached hydrogen (secondary N) is 1. The second-order valence-electron chi connectivity index (χ2n) is 7.08. The van der Waals surface area contributed by atoms with Gasteiger partial charge in [-0.15, -0.1) is 0 Å². The fraction of sp³-hybridized carbons (Fsp3) is 0.737. The van der Waals surface area contributed by atoms with Crippen LogP contribution >= 0.6 is 0 Å². The first-order chi connectivity index (χ1) is 11.8. The number of piperidine rings is 1. The molecule has 1 unspecified atom stereocenters. The molecule has 24 heavy (non-hydrogen) atoms. The standard InChI is InChI=1S/C19H31N3O2/c1-16-8-11-22(12-9-16)19(20-10-7-17-6-4-14-23-17)21-15-18-5-2-3-13-24-18/h4,6,14,16,18H,2-3,5,7-13,15H2,1H3,(H,20,21). The maximum atomic E-state index is 5.83. The fourth-order valence-electron chi connectivity index (χ4n) is 3.38. The lowest BCUT2D eigenvalue weighted by atomic mass is 9.99. The van der Waals surface area contributed by atoms with Crippen LogP contribution in [0.25, 0.3) is 0 Å². The molecule has 3 rings (SSSR count). The van der Waals surface area contributed by atoms with Gasteiger partial charge in [-0.25, -0.2) is 0 Å². The lowest BCUT2D eigenvalue weighted by Crippen LogP contribution is -2.46. The van der Waals surface area contributed by atoms with E-state index in [1.165, 1.54) is 25.7 Å². The molecule has 1 atom stereocenters. The van der Waals surface area contributed by atoms with Crippen molar-refractivity contribution in [3.63, 3.8) is 0 Å². The number of hydrogen-bond donors (Lipinski definition) is 1. The van der Waals surface area contributed by atoms with Crippen LogP contribution in [0.1, 0.15) is 44.8 Å². The van der Waals surface area contributed by atoms with E-state index in [1.807, 2.05) is 12.1 Å². The molecular weight excluding hydrogens is 302 g/mol. The molecule has 0 amide bonds. The van der Waals surface area contributed by atoms with E-state index in [2.05, 4.69) is 17.1 Å². The average Bonchev–Trinajstić information content (AvgIpc) is 3.13. The summed E-state index contributed by atoms with van der Waals surface area (Å²) in [5, 5.41) is 3.54. The predicted molar refractivity (Wildman–Crippen MR) is 96.3 cm³/mol. The topological polar surface area (TPSA) is 50.0 Å². The molecule has 2 aliphatic heterocycles. The Labute approximate surface area is 145 Å². The van der Waals surface area contributed by atoms with E-state index < -0.39 is 0 Å². The highest BCUT2D eigenvalue weighted by Crippen LogP contribution is 2.17. The maximum absolute atomic E-state index is 5.83. The number of hydrogen-bond acceptors (Lipinski definition) is 3. The minimum Gasteiger partial charge on any atom is -0.469 e. The molecule has 5 heteroatoms. The average molecular weight is 333 g/mol. The van der Waals surface area contributed by atoms with Gasteiger partial charge in [-0.05, 0) is 50.2 Å². The quantitative estimate of drug-likeness (QED) is 0.664. The second kappa shape index (κ2) is 9.11. The zero-order chi connectivity index (χ0) is 16.6. The first-order valence-corrected chi connectivity index (χ1v) is 9.48. The first-order valence-electron chi connectivity index (χ1n) is 9.48. The summed E-state index contributed by atoms with van der Waals surface area (Å²) in [6.07, 6.45) is 9.01. The highest BCUT2D eigenvalue weighted by Gasteiger charge is 2.20. The molecule has 134 valence electrons. The Balaban J connectivity index is 1.54. The van der Waals surface area contributed by atoms with Gasteiger partial charge < -0.3 is 19.4 Å². The van der Waals surface area contributed by atoms with E-state index in [4.69, 9.17) is 14.1 Å². The lowest BCUT2D eigenvalue weighted by Gasteiger charge is -2.33. The Morgan fingerprint density at radius 2 is 2.17 bits per heavy atom. The number of ether oxygens (including phenoxy) is 1. The third-order valence-corrected chi connectivity index (χ3v) is 5.04. The molecule has 3 heterocycles. The van der Waals surface area contributed by atoms with E-state index in [9.17, 15) is 0 Å². The van der Waals surface area contributed by atoms with Gasteiger partial charge in [-0.3, -0.25) is 4.99 Å². The van der Waals surface area contributed by atoms with Crippen molar-refractivity contribution >= 4 is 5.96 Å². The van der Waals surface area contributed by atoms with Crippen LogP contribution in [0.15, 0.2) is 27.8 Å². The molecule has 2 fully saturated rings. The van der Waals surface area contributed by atoms with Crippen molar-refractivity contribution in [2.75, 3.05) is 32.8 Å². The molecule has 1 aromatic rings. The molecule has 0 bridgehead atoms. The molecule has 0 saturated carbocycles. The molecule has 0 spiro atoms.